The van der Waals surface area contributed by atoms with Gasteiger partial charge in [0.05, 0.1) is 15.9 Å². The summed E-state index contributed by atoms with van der Waals surface area (Å²) in [5, 5.41) is 30.2. The van der Waals surface area contributed by atoms with E-state index in [9.17, 15) is 29.8 Å². The van der Waals surface area contributed by atoms with Crippen LogP contribution >= 0.6 is 0 Å². The maximum Gasteiger partial charge on any atom is 0.340 e. The number of esters is 1. The molecule has 10 nitrogen and oxygen atoms in total. The van der Waals surface area contributed by atoms with Crippen molar-refractivity contribution in [2.45, 2.75) is 6.92 Å². The van der Waals surface area contributed by atoms with Gasteiger partial charge in [0.1, 0.15) is 5.56 Å². The number of carboxylic acid groups (broad SMARTS) is 1. The molecule has 0 saturated heterocycles. The molecular weight excluding hydrogens is 264 g/mol. The van der Waals surface area contributed by atoms with E-state index >= 15 is 0 Å². The van der Waals surface area contributed by atoms with Crippen LogP contribution in [0.5, 0.6) is 5.75 Å². The van der Waals surface area contributed by atoms with Crippen molar-refractivity contribution >= 4 is 23.3 Å². The quantitative estimate of drug-likeness (QED) is 0.370. The highest BCUT2D eigenvalue weighted by atomic mass is 16.6. The first-order valence-electron chi connectivity index (χ1n) is 4.62. The summed E-state index contributed by atoms with van der Waals surface area (Å²) in [4.78, 5) is 41.0. The van der Waals surface area contributed by atoms with Crippen LogP contribution in [0, 0.1) is 20.2 Å². The van der Waals surface area contributed by atoms with Gasteiger partial charge in [-0.2, -0.15) is 0 Å². The summed E-state index contributed by atoms with van der Waals surface area (Å²) in [6, 6.07) is 1.10. The Balaban J connectivity index is 3.64. The number of hydrogen-bond acceptors (Lipinski definition) is 7. The number of benzene rings is 1. The van der Waals surface area contributed by atoms with Crippen molar-refractivity contribution in [3.05, 3.63) is 37.9 Å². The summed E-state index contributed by atoms with van der Waals surface area (Å²) in [7, 11) is 0. The van der Waals surface area contributed by atoms with Crippen molar-refractivity contribution in [1.29, 1.82) is 0 Å². The van der Waals surface area contributed by atoms with Gasteiger partial charge in [0, 0.05) is 13.0 Å². The van der Waals surface area contributed by atoms with E-state index in [1.807, 2.05) is 0 Å². The summed E-state index contributed by atoms with van der Waals surface area (Å²) in [5.41, 5.74) is -2.60. The highest BCUT2D eigenvalue weighted by Gasteiger charge is 2.29. The van der Waals surface area contributed by atoms with Crippen LogP contribution in [0.25, 0.3) is 0 Å². The van der Waals surface area contributed by atoms with Crippen LogP contribution in [0.1, 0.15) is 17.3 Å². The Labute approximate surface area is 104 Å². The van der Waals surface area contributed by atoms with Crippen LogP contribution in [0.4, 0.5) is 11.4 Å². The van der Waals surface area contributed by atoms with Crippen molar-refractivity contribution in [2.75, 3.05) is 0 Å². The Morgan fingerprint density at radius 1 is 1.21 bits per heavy atom. The number of ether oxygens (including phenoxy) is 1. The summed E-state index contributed by atoms with van der Waals surface area (Å²) in [6.07, 6.45) is 0. The van der Waals surface area contributed by atoms with Gasteiger partial charge in [0.2, 0.25) is 5.75 Å². The van der Waals surface area contributed by atoms with Crippen LogP contribution in [-0.4, -0.2) is 26.9 Å². The van der Waals surface area contributed by atoms with E-state index in [2.05, 4.69) is 4.74 Å². The molecule has 0 heterocycles. The Morgan fingerprint density at radius 3 is 2.16 bits per heavy atom. The fraction of sp³-hybridized carbons (Fsp3) is 0.111. The van der Waals surface area contributed by atoms with Crippen LogP contribution in [0.15, 0.2) is 12.1 Å². The van der Waals surface area contributed by atoms with Gasteiger partial charge in [-0.15, -0.1) is 0 Å². The van der Waals surface area contributed by atoms with E-state index in [4.69, 9.17) is 5.11 Å². The number of nitro benzene ring substituents is 2. The Morgan fingerprint density at radius 2 is 1.79 bits per heavy atom. The maximum atomic E-state index is 10.9. The van der Waals surface area contributed by atoms with Gasteiger partial charge in [-0.3, -0.25) is 25.0 Å². The zero-order valence-electron chi connectivity index (χ0n) is 9.35. The molecule has 0 radical (unpaired) electrons. The zero-order chi connectivity index (χ0) is 14.7. The highest BCUT2D eigenvalue weighted by molar-refractivity contribution is 5.94. The molecule has 1 N–H and O–H groups in total. The number of hydrogen-bond donors (Lipinski definition) is 1. The molecule has 1 aromatic carbocycles. The van der Waals surface area contributed by atoms with Gasteiger partial charge >= 0.3 is 17.6 Å². The number of nitrogens with zero attached hydrogens (tertiary/aromatic N) is 2. The molecule has 0 atom stereocenters. The first kappa shape index (κ1) is 14.0. The molecular formula is C9H6N2O8. The van der Waals surface area contributed by atoms with Crippen molar-refractivity contribution in [3.8, 4) is 5.75 Å². The van der Waals surface area contributed by atoms with E-state index in [-0.39, 0.29) is 0 Å². The molecule has 19 heavy (non-hydrogen) atoms. The predicted octanol–water partition coefficient (Wildman–Crippen LogP) is 1.13. The average molecular weight is 270 g/mol. The molecule has 0 bridgehead atoms. The SMILES string of the molecule is CC(=O)Oc1c(C(=O)O)cc([N+](=O)[O-])cc1[N+](=O)[O-]. The fourth-order valence-corrected chi connectivity index (χ4v) is 1.25. The van der Waals surface area contributed by atoms with E-state index in [0.717, 1.165) is 6.92 Å². The molecule has 0 aliphatic rings. The first-order valence-corrected chi connectivity index (χ1v) is 4.62. The topological polar surface area (TPSA) is 150 Å². The average Bonchev–Trinajstić information content (AvgIpc) is 2.27. The van der Waals surface area contributed by atoms with Gasteiger partial charge in [-0.05, 0) is 0 Å². The molecule has 1 rings (SSSR count). The standard InChI is InChI=1S/C9H6N2O8/c1-4(12)19-8-6(9(13)14)2-5(10(15)16)3-7(8)11(17)18/h2-3H,1H3,(H,13,14). The van der Waals surface area contributed by atoms with E-state index < -0.39 is 44.5 Å². The lowest BCUT2D eigenvalue weighted by Gasteiger charge is -2.06. The van der Waals surface area contributed by atoms with Crippen LogP contribution in [-0.2, 0) is 4.79 Å². The molecule has 1 aromatic rings. The molecule has 0 spiro atoms. The van der Waals surface area contributed by atoms with E-state index in [0.29, 0.717) is 12.1 Å². The lowest BCUT2D eigenvalue weighted by molar-refractivity contribution is -0.394. The lowest BCUT2D eigenvalue weighted by Crippen LogP contribution is -2.10. The molecule has 0 amide bonds. The van der Waals surface area contributed by atoms with Crippen LogP contribution in [0.2, 0.25) is 0 Å². The summed E-state index contributed by atoms with van der Waals surface area (Å²) in [6.45, 7) is 0.913. The largest absolute Gasteiger partial charge is 0.478 e. The normalized spacial score (nSPS) is 9.74. The summed E-state index contributed by atoms with van der Waals surface area (Å²) >= 11 is 0. The highest BCUT2D eigenvalue weighted by Crippen LogP contribution is 2.35. The number of non-ortho nitro benzene ring substituents is 1. The molecule has 100 valence electrons. The molecule has 0 aliphatic carbocycles. The van der Waals surface area contributed by atoms with E-state index in [1.54, 1.807) is 0 Å². The number of carboxylic acids is 1. The molecule has 0 unspecified atom stereocenters. The zero-order valence-corrected chi connectivity index (χ0v) is 9.35. The Bertz CT molecular complexity index is 559. The van der Waals surface area contributed by atoms with Gasteiger partial charge in [0.15, 0.2) is 0 Å². The Hall–Kier alpha value is -3.04. The van der Waals surface area contributed by atoms with Crippen LogP contribution in [0.3, 0.4) is 0 Å². The molecule has 0 aliphatic heterocycles. The predicted molar refractivity (Wildman–Crippen MR) is 58.0 cm³/mol. The van der Waals surface area contributed by atoms with Gasteiger partial charge in [0.25, 0.3) is 5.69 Å². The number of carbonyl (C=O) groups is 2. The Kier molecular flexibility index (Phi) is 3.75. The third-order valence-corrected chi connectivity index (χ3v) is 1.94. The van der Waals surface area contributed by atoms with Gasteiger partial charge in [-0.25, -0.2) is 4.79 Å². The smallest absolute Gasteiger partial charge is 0.340 e. The third-order valence-electron chi connectivity index (χ3n) is 1.94. The third kappa shape index (κ3) is 3.00. The van der Waals surface area contributed by atoms with Crippen molar-refractivity contribution < 1.29 is 29.3 Å². The van der Waals surface area contributed by atoms with Crippen LogP contribution < -0.4 is 4.74 Å². The second-order valence-corrected chi connectivity index (χ2v) is 3.25. The number of carbonyl (C=O) groups excluding carboxylic acids is 1. The number of aromatic carboxylic acids is 1. The summed E-state index contributed by atoms with van der Waals surface area (Å²) in [5.74, 6) is -3.52. The lowest BCUT2D eigenvalue weighted by atomic mass is 10.1. The van der Waals surface area contributed by atoms with E-state index in [1.165, 1.54) is 0 Å². The minimum absolute atomic E-state index is 0.519. The van der Waals surface area contributed by atoms with Gasteiger partial charge in [-0.1, -0.05) is 0 Å². The second kappa shape index (κ2) is 5.08. The molecule has 10 heteroatoms. The minimum Gasteiger partial charge on any atom is -0.478 e. The molecule has 0 saturated carbocycles. The van der Waals surface area contributed by atoms with Gasteiger partial charge < -0.3 is 9.84 Å². The van der Waals surface area contributed by atoms with Crippen molar-refractivity contribution in [2.24, 2.45) is 0 Å². The molecule has 0 fully saturated rings. The minimum atomic E-state index is -1.69. The first-order chi connectivity index (χ1) is 8.73. The second-order valence-electron chi connectivity index (χ2n) is 3.25. The monoisotopic (exact) mass is 270 g/mol. The number of rotatable bonds is 4. The fourth-order valence-electron chi connectivity index (χ4n) is 1.25. The maximum absolute atomic E-state index is 10.9. The van der Waals surface area contributed by atoms with Crippen molar-refractivity contribution in [3.63, 3.8) is 0 Å². The summed E-state index contributed by atoms with van der Waals surface area (Å²) < 4.78 is 4.45. The number of nitro groups is 2. The van der Waals surface area contributed by atoms with Crippen molar-refractivity contribution in [1.82, 2.24) is 0 Å². The molecule has 0 aromatic heterocycles.